The quantitative estimate of drug-likeness (QED) is 0.355. The molecule has 6 heteroatoms. The summed E-state index contributed by atoms with van der Waals surface area (Å²) in [6.07, 6.45) is 2.03. The normalized spacial score (nSPS) is 10.4. The molecule has 0 aliphatic heterocycles. The third-order valence-corrected chi connectivity index (χ3v) is 4.37. The zero-order valence-electron chi connectivity index (χ0n) is 16.5. The van der Waals surface area contributed by atoms with Crippen LogP contribution in [0.3, 0.4) is 0 Å². The monoisotopic (exact) mass is 386 g/mol. The third kappa shape index (κ3) is 6.30. The van der Waals surface area contributed by atoms with Crippen molar-refractivity contribution in [2.75, 3.05) is 27.9 Å². The molecular formula is C22H26O6. The van der Waals surface area contributed by atoms with Gasteiger partial charge >= 0.3 is 11.9 Å². The largest absolute Gasteiger partial charge is 0.497 e. The van der Waals surface area contributed by atoms with Gasteiger partial charge in [-0.25, -0.2) is 0 Å². The minimum absolute atomic E-state index is 0.219. The van der Waals surface area contributed by atoms with Gasteiger partial charge in [-0.1, -0.05) is 24.3 Å². The van der Waals surface area contributed by atoms with Gasteiger partial charge < -0.3 is 18.9 Å². The summed E-state index contributed by atoms with van der Waals surface area (Å²) in [6, 6.07) is 15.3. The van der Waals surface area contributed by atoms with Crippen molar-refractivity contribution in [3.05, 3.63) is 59.7 Å². The van der Waals surface area contributed by atoms with E-state index in [0.29, 0.717) is 6.61 Å². The van der Waals surface area contributed by atoms with Gasteiger partial charge in [0.25, 0.3) is 0 Å². The van der Waals surface area contributed by atoms with Crippen LogP contribution < -0.4 is 9.47 Å². The van der Waals surface area contributed by atoms with E-state index in [-0.39, 0.29) is 6.42 Å². The average molecular weight is 386 g/mol. The summed E-state index contributed by atoms with van der Waals surface area (Å²) in [5, 5.41) is 0. The first-order valence-corrected chi connectivity index (χ1v) is 9.07. The van der Waals surface area contributed by atoms with Crippen LogP contribution in [-0.4, -0.2) is 39.9 Å². The first-order valence-electron chi connectivity index (χ1n) is 9.07. The lowest BCUT2D eigenvalue weighted by Gasteiger charge is -2.13. The van der Waals surface area contributed by atoms with Crippen LogP contribution in [0.4, 0.5) is 0 Å². The van der Waals surface area contributed by atoms with Crippen LogP contribution in [-0.2, 0) is 31.9 Å². The molecule has 0 unspecified atom stereocenters. The number of carbonyl (C=O) groups excluding carboxylic acids is 2. The molecule has 0 radical (unpaired) electrons. The van der Waals surface area contributed by atoms with Crippen LogP contribution in [0, 0.1) is 5.92 Å². The van der Waals surface area contributed by atoms with Crippen LogP contribution in [0.2, 0.25) is 0 Å². The Kier molecular flexibility index (Phi) is 8.34. The summed E-state index contributed by atoms with van der Waals surface area (Å²) in [6.45, 7) is 0.596. The molecule has 6 nitrogen and oxygen atoms in total. The van der Waals surface area contributed by atoms with E-state index in [0.717, 1.165) is 29.9 Å². The van der Waals surface area contributed by atoms with E-state index in [2.05, 4.69) is 9.47 Å². The summed E-state index contributed by atoms with van der Waals surface area (Å²) >= 11 is 0. The van der Waals surface area contributed by atoms with Crippen LogP contribution in [0.25, 0.3) is 0 Å². The number of esters is 2. The minimum Gasteiger partial charge on any atom is -0.497 e. The van der Waals surface area contributed by atoms with Gasteiger partial charge in [0.05, 0.1) is 27.9 Å². The van der Waals surface area contributed by atoms with Crippen molar-refractivity contribution in [2.45, 2.75) is 19.3 Å². The van der Waals surface area contributed by atoms with E-state index >= 15 is 0 Å². The molecule has 0 aliphatic carbocycles. The van der Waals surface area contributed by atoms with Gasteiger partial charge in [0.1, 0.15) is 11.5 Å². The molecule has 0 amide bonds. The maximum Gasteiger partial charge on any atom is 0.320 e. The maximum atomic E-state index is 11.8. The molecule has 2 rings (SSSR count). The molecule has 2 aromatic rings. The van der Waals surface area contributed by atoms with E-state index in [9.17, 15) is 9.59 Å². The molecule has 0 aliphatic rings. The highest BCUT2D eigenvalue weighted by Crippen LogP contribution is 2.18. The Bertz CT molecular complexity index is 736. The topological polar surface area (TPSA) is 71.1 Å². The Morgan fingerprint density at radius 3 is 1.86 bits per heavy atom. The maximum absolute atomic E-state index is 11.8. The van der Waals surface area contributed by atoms with Crippen molar-refractivity contribution in [3.8, 4) is 11.5 Å². The second-order valence-corrected chi connectivity index (χ2v) is 6.25. The van der Waals surface area contributed by atoms with Gasteiger partial charge in [0.2, 0.25) is 0 Å². The average Bonchev–Trinajstić information content (AvgIpc) is 2.75. The Hall–Kier alpha value is -3.02. The second kappa shape index (κ2) is 11.0. The highest BCUT2D eigenvalue weighted by atomic mass is 16.5. The fourth-order valence-electron chi connectivity index (χ4n) is 2.76. The van der Waals surface area contributed by atoms with Crippen LogP contribution in [0.15, 0.2) is 48.5 Å². The molecular weight excluding hydrogens is 360 g/mol. The van der Waals surface area contributed by atoms with Crippen LogP contribution in [0.5, 0.6) is 11.5 Å². The van der Waals surface area contributed by atoms with Crippen molar-refractivity contribution in [1.82, 2.24) is 0 Å². The lowest BCUT2D eigenvalue weighted by atomic mass is 9.99. The standard InChI is InChI=1S/C22H26O6/c1-25-18-10-6-16(7-11-18)5-4-14-28-19-12-8-17(9-13-19)15-20(21(23)26-2)22(24)27-3/h6-13,20H,4-5,14-15H2,1-3H3. The molecule has 0 saturated heterocycles. The van der Waals surface area contributed by atoms with E-state index in [1.165, 1.54) is 19.8 Å². The number of carbonyl (C=O) groups is 2. The van der Waals surface area contributed by atoms with Gasteiger partial charge in [-0.3, -0.25) is 9.59 Å². The van der Waals surface area contributed by atoms with Gasteiger partial charge in [-0.15, -0.1) is 0 Å². The van der Waals surface area contributed by atoms with Crippen LogP contribution >= 0.6 is 0 Å². The summed E-state index contributed by atoms with van der Waals surface area (Å²) in [4.78, 5) is 23.5. The number of hydrogen-bond acceptors (Lipinski definition) is 6. The first-order chi connectivity index (χ1) is 13.6. The number of aryl methyl sites for hydroxylation is 1. The smallest absolute Gasteiger partial charge is 0.320 e. The molecule has 150 valence electrons. The molecule has 0 fully saturated rings. The molecule has 0 spiro atoms. The lowest BCUT2D eigenvalue weighted by Crippen LogP contribution is -2.28. The highest BCUT2D eigenvalue weighted by molar-refractivity contribution is 5.95. The molecule has 0 saturated carbocycles. The van der Waals surface area contributed by atoms with E-state index in [4.69, 9.17) is 9.47 Å². The van der Waals surface area contributed by atoms with E-state index in [1.54, 1.807) is 7.11 Å². The predicted molar refractivity (Wildman–Crippen MR) is 104 cm³/mol. The van der Waals surface area contributed by atoms with E-state index in [1.807, 2.05) is 48.5 Å². The first kappa shape index (κ1) is 21.3. The van der Waals surface area contributed by atoms with Crippen molar-refractivity contribution in [1.29, 1.82) is 0 Å². The SMILES string of the molecule is COC(=O)C(Cc1ccc(OCCCc2ccc(OC)cc2)cc1)C(=O)OC. The summed E-state index contributed by atoms with van der Waals surface area (Å²) in [5.41, 5.74) is 2.06. The molecule has 0 bridgehead atoms. The van der Waals surface area contributed by atoms with Crippen molar-refractivity contribution >= 4 is 11.9 Å². The second-order valence-electron chi connectivity index (χ2n) is 6.25. The van der Waals surface area contributed by atoms with Crippen molar-refractivity contribution in [3.63, 3.8) is 0 Å². The van der Waals surface area contributed by atoms with Gasteiger partial charge in [-0.2, -0.15) is 0 Å². The molecule has 2 aromatic carbocycles. The number of benzene rings is 2. The van der Waals surface area contributed by atoms with Crippen LogP contribution in [0.1, 0.15) is 17.5 Å². The zero-order valence-corrected chi connectivity index (χ0v) is 16.5. The van der Waals surface area contributed by atoms with Crippen molar-refractivity contribution in [2.24, 2.45) is 5.92 Å². The number of hydrogen-bond donors (Lipinski definition) is 0. The molecule has 0 N–H and O–H groups in total. The van der Waals surface area contributed by atoms with Gasteiger partial charge in [-0.05, 0) is 54.7 Å². The molecule has 0 aromatic heterocycles. The van der Waals surface area contributed by atoms with Gasteiger partial charge in [0.15, 0.2) is 5.92 Å². The molecule has 0 heterocycles. The fourth-order valence-corrected chi connectivity index (χ4v) is 2.76. The Morgan fingerprint density at radius 2 is 1.32 bits per heavy atom. The number of rotatable bonds is 10. The summed E-state index contributed by atoms with van der Waals surface area (Å²) in [5.74, 6) is -0.587. The minimum atomic E-state index is -0.966. The van der Waals surface area contributed by atoms with Gasteiger partial charge in [0, 0.05) is 0 Å². The molecule has 0 atom stereocenters. The van der Waals surface area contributed by atoms with E-state index < -0.39 is 17.9 Å². The third-order valence-electron chi connectivity index (χ3n) is 4.37. The fraction of sp³-hybridized carbons (Fsp3) is 0.364. The van der Waals surface area contributed by atoms with Crippen molar-refractivity contribution < 1.29 is 28.5 Å². The lowest BCUT2D eigenvalue weighted by molar-refractivity contribution is -0.158. The predicted octanol–water partition coefficient (Wildman–Crippen LogP) is 3.21. The highest BCUT2D eigenvalue weighted by Gasteiger charge is 2.28. The zero-order chi connectivity index (χ0) is 20.4. The Balaban J connectivity index is 1.81. The Morgan fingerprint density at radius 1 is 0.786 bits per heavy atom. The number of methoxy groups -OCH3 is 3. The summed E-state index contributed by atoms with van der Waals surface area (Å²) < 4.78 is 20.3. The molecule has 28 heavy (non-hydrogen) atoms. The summed E-state index contributed by atoms with van der Waals surface area (Å²) in [7, 11) is 4.15. The Labute approximate surface area is 165 Å². The number of ether oxygens (including phenoxy) is 4.